The van der Waals surface area contributed by atoms with Gasteiger partial charge in [-0.3, -0.25) is 10.1 Å². The predicted molar refractivity (Wildman–Crippen MR) is 122 cm³/mol. The Hall–Kier alpha value is -3.27. The minimum Gasteiger partial charge on any atom is -0.300 e. The second-order valence-corrected chi connectivity index (χ2v) is 9.33. The largest absolute Gasteiger partial charge is 0.417 e. The molecule has 3 heterocycles. The first-order valence-corrected chi connectivity index (χ1v) is 11.9. The summed E-state index contributed by atoms with van der Waals surface area (Å²) in [7, 11) is 0. The summed E-state index contributed by atoms with van der Waals surface area (Å²) in [5.41, 5.74) is -0.750. The third kappa shape index (κ3) is 5.39. The van der Waals surface area contributed by atoms with Crippen LogP contribution in [0, 0.1) is 11.3 Å². The number of aromatic nitrogens is 3. The van der Waals surface area contributed by atoms with Crippen molar-refractivity contribution in [2.45, 2.75) is 11.2 Å². The molecule has 166 valence electrons. The van der Waals surface area contributed by atoms with Crippen molar-refractivity contribution in [3.63, 3.8) is 0 Å². The average molecular weight is 504 g/mol. The van der Waals surface area contributed by atoms with Crippen LogP contribution in [0.5, 0.6) is 0 Å². The van der Waals surface area contributed by atoms with E-state index in [1.807, 2.05) is 30.3 Å². The fourth-order valence-corrected chi connectivity index (χ4v) is 5.02. The van der Waals surface area contributed by atoms with Crippen LogP contribution in [0.2, 0.25) is 0 Å². The summed E-state index contributed by atoms with van der Waals surface area (Å²) in [5.74, 6) is -0.760. The molecule has 0 saturated heterocycles. The summed E-state index contributed by atoms with van der Waals surface area (Å²) >= 11 is 3.16. The van der Waals surface area contributed by atoms with Crippen LogP contribution in [0.3, 0.4) is 0 Å². The lowest BCUT2D eigenvalue weighted by molar-refractivity contribution is -0.138. The Morgan fingerprint density at radius 3 is 2.61 bits per heavy atom. The smallest absolute Gasteiger partial charge is 0.300 e. The number of nitriles is 1. The Bertz CT molecular complexity index is 1320. The molecule has 0 aliphatic carbocycles. The van der Waals surface area contributed by atoms with Crippen LogP contribution < -0.4 is 5.32 Å². The van der Waals surface area contributed by atoms with E-state index in [-0.39, 0.29) is 21.6 Å². The summed E-state index contributed by atoms with van der Waals surface area (Å²) in [5, 5.41) is 22.4. The van der Waals surface area contributed by atoms with E-state index >= 15 is 0 Å². The fourth-order valence-electron chi connectivity index (χ4n) is 2.77. The van der Waals surface area contributed by atoms with E-state index in [0.717, 1.165) is 23.4 Å². The van der Waals surface area contributed by atoms with E-state index in [0.29, 0.717) is 9.88 Å². The van der Waals surface area contributed by atoms with Gasteiger partial charge in [-0.25, -0.2) is 4.98 Å². The van der Waals surface area contributed by atoms with Crippen LogP contribution in [0.15, 0.2) is 58.9 Å². The van der Waals surface area contributed by atoms with Gasteiger partial charge in [0.15, 0.2) is 0 Å². The molecule has 0 aliphatic heterocycles. The number of alkyl halides is 3. The molecule has 6 nitrogen and oxygen atoms in total. The van der Waals surface area contributed by atoms with Crippen LogP contribution in [-0.2, 0) is 11.0 Å². The number of thiophene rings is 1. The molecule has 1 amide bonds. The number of nitrogens with one attached hydrogen (secondary N) is 1. The first-order chi connectivity index (χ1) is 15.8. The topological polar surface area (TPSA) is 91.6 Å². The maximum absolute atomic E-state index is 13.6. The molecule has 1 aromatic carbocycles. The molecule has 0 spiro atoms. The molecule has 0 atom stereocenters. The van der Waals surface area contributed by atoms with Crippen molar-refractivity contribution in [1.29, 1.82) is 5.26 Å². The second-order valence-electron chi connectivity index (χ2n) is 6.44. The van der Waals surface area contributed by atoms with Gasteiger partial charge in [0.25, 0.3) is 0 Å². The van der Waals surface area contributed by atoms with Gasteiger partial charge in [-0.05, 0) is 17.5 Å². The number of nitrogens with zero attached hydrogens (tertiary/aromatic N) is 4. The Kier molecular flexibility index (Phi) is 6.73. The van der Waals surface area contributed by atoms with Gasteiger partial charge < -0.3 is 0 Å². The molecule has 12 heteroatoms. The molecule has 0 unspecified atom stereocenters. The van der Waals surface area contributed by atoms with E-state index in [1.165, 1.54) is 22.7 Å². The van der Waals surface area contributed by atoms with Crippen LogP contribution in [-0.4, -0.2) is 26.8 Å². The van der Waals surface area contributed by atoms with Gasteiger partial charge in [0.2, 0.25) is 11.0 Å². The zero-order chi connectivity index (χ0) is 23.4. The molecule has 0 radical (unpaired) electrons. The third-order valence-electron chi connectivity index (χ3n) is 4.21. The molecule has 1 N–H and O–H groups in total. The molecular formula is C21H12F3N5OS3. The molecular weight excluding hydrogens is 491 g/mol. The number of hydrogen-bond acceptors (Lipinski definition) is 8. The van der Waals surface area contributed by atoms with Crippen LogP contribution >= 0.6 is 34.4 Å². The number of carbonyl (C=O) groups excluding carboxylic acids is 1. The highest BCUT2D eigenvalue weighted by Gasteiger charge is 2.36. The number of pyridine rings is 1. The highest BCUT2D eigenvalue weighted by molar-refractivity contribution is 8.00. The van der Waals surface area contributed by atoms with Gasteiger partial charge in [-0.2, -0.15) is 18.4 Å². The highest BCUT2D eigenvalue weighted by atomic mass is 32.2. The maximum Gasteiger partial charge on any atom is 0.417 e. The minimum absolute atomic E-state index is 0.0934. The van der Waals surface area contributed by atoms with Crippen LogP contribution in [0.1, 0.15) is 11.1 Å². The standard InChI is InChI=1S/C21H12F3N5OS3/c22-21(23,24)14-9-15(16-7-4-8-31-16)26-19(13(14)10-25)32-11-17(30)27-20-29-28-18(33-20)12-5-2-1-3-6-12/h1-9H,11H2,(H,27,29,30). The van der Waals surface area contributed by atoms with Crippen molar-refractivity contribution in [1.82, 2.24) is 15.2 Å². The summed E-state index contributed by atoms with van der Waals surface area (Å²) in [6, 6.07) is 15.1. The number of amides is 1. The van der Waals surface area contributed by atoms with Gasteiger partial charge in [-0.1, -0.05) is 59.5 Å². The molecule has 3 aromatic heterocycles. The monoisotopic (exact) mass is 503 g/mol. The summed E-state index contributed by atoms with van der Waals surface area (Å²) < 4.78 is 40.8. The molecule has 0 fully saturated rings. The molecule has 4 rings (SSSR count). The van der Waals surface area contributed by atoms with E-state index < -0.39 is 23.2 Å². The first-order valence-electron chi connectivity index (χ1n) is 9.23. The first kappa shape index (κ1) is 22.9. The molecule has 0 aliphatic rings. The number of benzene rings is 1. The van der Waals surface area contributed by atoms with Crippen LogP contribution in [0.4, 0.5) is 18.3 Å². The van der Waals surface area contributed by atoms with Gasteiger partial charge in [-0.15, -0.1) is 21.5 Å². The fraction of sp³-hybridized carbons (Fsp3) is 0.0952. The van der Waals surface area contributed by atoms with Gasteiger partial charge in [0.05, 0.1) is 27.5 Å². The zero-order valence-corrected chi connectivity index (χ0v) is 18.9. The minimum atomic E-state index is -4.74. The summed E-state index contributed by atoms with van der Waals surface area (Å²) in [6.07, 6.45) is -4.74. The normalized spacial score (nSPS) is 11.2. The van der Waals surface area contributed by atoms with Crippen molar-refractivity contribution in [2.24, 2.45) is 0 Å². The Balaban J connectivity index is 1.53. The van der Waals surface area contributed by atoms with E-state index in [4.69, 9.17) is 0 Å². The lowest BCUT2D eigenvalue weighted by Gasteiger charge is -2.13. The Morgan fingerprint density at radius 1 is 1.15 bits per heavy atom. The van der Waals surface area contributed by atoms with E-state index in [1.54, 1.807) is 23.6 Å². The Morgan fingerprint density at radius 2 is 1.94 bits per heavy atom. The molecule has 0 saturated carbocycles. The van der Waals surface area contributed by atoms with Crippen molar-refractivity contribution >= 4 is 45.5 Å². The number of rotatable bonds is 6. The quantitative estimate of drug-likeness (QED) is 0.327. The number of hydrogen-bond donors (Lipinski definition) is 1. The van der Waals surface area contributed by atoms with Gasteiger partial charge >= 0.3 is 6.18 Å². The molecule has 33 heavy (non-hydrogen) atoms. The second kappa shape index (κ2) is 9.70. The third-order valence-corrected chi connectivity index (χ3v) is 6.96. The number of halogens is 3. The van der Waals surface area contributed by atoms with Crippen molar-refractivity contribution < 1.29 is 18.0 Å². The summed E-state index contributed by atoms with van der Waals surface area (Å²) in [4.78, 5) is 17.2. The molecule has 0 bridgehead atoms. The van der Waals surface area contributed by atoms with E-state index in [2.05, 4.69) is 20.5 Å². The highest BCUT2D eigenvalue weighted by Crippen LogP contribution is 2.38. The molecule has 4 aromatic rings. The SMILES string of the molecule is N#Cc1c(C(F)(F)F)cc(-c2cccs2)nc1SCC(=O)Nc1nnc(-c2ccccc2)s1. The van der Waals surface area contributed by atoms with Crippen molar-refractivity contribution in [2.75, 3.05) is 11.1 Å². The lowest BCUT2D eigenvalue weighted by Crippen LogP contribution is -2.15. The predicted octanol–water partition coefficient (Wildman–Crippen LogP) is 5.95. The number of anilines is 1. The van der Waals surface area contributed by atoms with Gasteiger partial charge in [0, 0.05) is 5.56 Å². The number of carbonyl (C=O) groups is 1. The maximum atomic E-state index is 13.6. The summed E-state index contributed by atoms with van der Waals surface area (Å²) in [6.45, 7) is 0. The van der Waals surface area contributed by atoms with Crippen LogP contribution in [0.25, 0.3) is 21.1 Å². The number of thioether (sulfide) groups is 1. The zero-order valence-electron chi connectivity index (χ0n) is 16.5. The van der Waals surface area contributed by atoms with Crippen molar-refractivity contribution in [3.8, 4) is 27.2 Å². The Labute approximate surface area is 198 Å². The van der Waals surface area contributed by atoms with Gasteiger partial charge in [0.1, 0.15) is 16.1 Å². The van der Waals surface area contributed by atoms with E-state index in [9.17, 15) is 23.2 Å². The lowest BCUT2D eigenvalue weighted by atomic mass is 10.1. The van der Waals surface area contributed by atoms with Crippen molar-refractivity contribution in [3.05, 3.63) is 65.0 Å². The average Bonchev–Trinajstić information content (AvgIpc) is 3.49.